The summed E-state index contributed by atoms with van der Waals surface area (Å²) in [6.45, 7) is 4.68. The van der Waals surface area contributed by atoms with E-state index in [1.165, 1.54) is 12.1 Å². The molecule has 0 saturated carbocycles. The Morgan fingerprint density at radius 1 is 1.08 bits per heavy atom. The smallest absolute Gasteiger partial charge is 0.342 e. The third kappa shape index (κ3) is 3.88. The number of carbonyl (C=O) groups excluding carboxylic acids is 3. The molecule has 0 aliphatic rings. The lowest BCUT2D eigenvalue weighted by Gasteiger charge is -2.06. The maximum atomic E-state index is 12.3. The molecule has 2 rings (SSSR count). The largest absolute Gasteiger partial charge is 0.507 e. The van der Waals surface area contributed by atoms with Crippen molar-refractivity contribution in [2.45, 2.75) is 20.8 Å². The van der Waals surface area contributed by atoms with Crippen molar-refractivity contribution >= 4 is 17.7 Å². The van der Waals surface area contributed by atoms with E-state index in [1.54, 1.807) is 32.9 Å². The minimum absolute atomic E-state index is 0.0260. The number of benzene rings is 1. The molecule has 2 aromatic rings. The lowest BCUT2D eigenvalue weighted by atomic mass is 10.1. The van der Waals surface area contributed by atoms with Crippen molar-refractivity contribution in [2.75, 3.05) is 13.2 Å². The Morgan fingerprint density at radius 2 is 1.76 bits per heavy atom. The van der Waals surface area contributed by atoms with Crippen LogP contribution in [0.3, 0.4) is 0 Å². The van der Waals surface area contributed by atoms with Gasteiger partial charge < -0.3 is 19.6 Å². The zero-order chi connectivity index (χ0) is 18.6. The van der Waals surface area contributed by atoms with Crippen LogP contribution in [-0.4, -0.2) is 41.0 Å². The van der Waals surface area contributed by atoms with Gasteiger partial charge in [-0.1, -0.05) is 12.1 Å². The Labute approximate surface area is 144 Å². The fourth-order valence-electron chi connectivity index (χ4n) is 2.47. The molecule has 0 amide bonds. The quantitative estimate of drug-likeness (QED) is 0.616. The van der Waals surface area contributed by atoms with Gasteiger partial charge in [0.1, 0.15) is 11.3 Å². The molecule has 0 saturated heterocycles. The highest BCUT2D eigenvalue weighted by molar-refractivity contribution is 6.03. The minimum atomic E-state index is -0.807. The van der Waals surface area contributed by atoms with Crippen molar-refractivity contribution in [3.8, 4) is 5.75 Å². The maximum absolute atomic E-state index is 12.3. The number of rotatable bonds is 6. The molecule has 1 heterocycles. The number of aromatic nitrogens is 1. The molecule has 0 bridgehead atoms. The fraction of sp³-hybridized carbons (Fsp3) is 0.278. The number of hydrogen-bond acceptors (Lipinski definition) is 6. The number of aromatic amines is 1. The molecule has 0 spiro atoms. The fourth-order valence-corrected chi connectivity index (χ4v) is 2.47. The number of phenolic OH excluding ortho intramolecular Hbond substituents is 1. The van der Waals surface area contributed by atoms with Gasteiger partial charge in [0.15, 0.2) is 6.61 Å². The first-order valence-electron chi connectivity index (χ1n) is 7.71. The molecule has 0 aliphatic carbocycles. The van der Waals surface area contributed by atoms with Gasteiger partial charge in [-0.15, -0.1) is 0 Å². The summed E-state index contributed by atoms with van der Waals surface area (Å²) < 4.78 is 9.92. The summed E-state index contributed by atoms with van der Waals surface area (Å²) in [5, 5.41) is 9.62. The van der Waals surface area contributed by atoms with Crippen LogP contribution < -0.4 is 0 Å². The van der Waals surface area contributed by atoms with Crippen LogP contribution in [0, 0.1) is 13.8 Å². The highest BCUT2D eigenvalue weighted by Crippen LogP contribution is 2.20. The normalized spacial score (nSPS) is 10.4. The Bertz CT molecular complexity index is 821. The number of aromatic hydroxyl groups is 1. The van der Waals surface area contributed by atoms with Gasteiger partial charge in [-0.2, -0.15) is 0 Å². The number of ketones is 1. The van der Waals surface area contributed by atoms with Crippen LogP contribution in [0.25, 0.3) is 0 Å². The van der Waals surface area contributed by atoms with E-state index in [-0.39, 0.29) is 23.6 Å². The average Bonchev–Trinajstić information content (AvgIpc) is 2.87. The third-order valence-electron chi connectivity index (χ3n) is 3.65. The van der Waals surface area contributed by atoms with Crippen molar-refractivity contribution in [1.29, 1.82) is 0 Å². The van der Waals surface area contributed by atoms with Gasteiger partial charge in [-0.05, 0) is 38.5 Å². The van der Waals surface area contributed by atoms with Gasteiger partial charge >= 0.3 is 11.9 Å². The van der Waals surface area contributed by atoms with Crippen LogP contribution in [0.2, 0.25) is 0 Å². The van der Waals surface area contributed by atoms with E-state index in [0.717, 1.165) is 0 Å². The van der Waals surface area contributed by atoms with Gasteiger partial charge in [0, 0.05) is 5.69 Å². The lowest BCUT2D eigenvalue weighted by molar-refractivity contribution is 0.0469. The second kappa shape index (κ2) is 7.65. The Morgan fingerprint density at radius 3 is 2.40 bits per heavy atom. The Kier molecular flexibility index (Phi) is 5.59. The van der Waals surface area contributed by atoms with Gasteiger partial charge in [0.05, 0.1) is 17.9 Å². The zero-order valence-electron chi connectivity index (χ0n) is 14.2. The van der Waals surface area contributed by atoms with E-state index in [4.69, 9.17) is 9.47 Å². The van der Waals surface area contributed by atoms with Crippen LogP contribution in [0.15, 0.2) is 24.3 Å². The molecule has 0 atom stereocenters. The SMILES string of the molecule is CCOC(=O)c1c(C)[nH]c(C(=O)COC(=O)c2ccccc2O)c1C. The molecule has 0 unspecified atom stereocenters. The Hall–Kier alpha value is -3.09. The molecule has 25 heavy (non-hydrogen) atoms. The monoisotopic (exact) mass is 345 g/mol. The number of phenols is 1. The van der Waals surface area contributed by atoms with Crippen molar-refractivity contribution in [3.63, 3.8) is 0 Å². The third-order valence-corrected chi connectivity index (χ3v) is 3.65. The summed E-state index contributed by atoms with van der Waals surface area (Å²) in [4.78, 5) is 39.0. The second-order valence-corrected chi connectivity index (χ2v) is 5.36. The molecule has 0 aliphatic heterocycles. The highest BCUT2D eigenvalue weighted by Gasteiger charge is 2.24. The highest BCUT2D eigenvalue weighted by atomic mass is 16.5. The van der Waals surface area contributed by atoms with E-state index >= 15 is 0 Å². The number of esters is 2. The summed E-state index contributed by atoms with van der Waals surface area (Å²) >= 11 is 0. The van der Waals surface area contributed by atoms with Crippen LogP contribution in [0.5, 0.6) is 5.75 Å². The van der Waals surface area contributed by atoms with Crippen molar-refractivity contribution in [3.05, 3.63) is 52.3 Å². The first-order chi connectivity index (χ1) is 11.9. The number of H-pyrrole nitrogens is 1. The molecule has 1 aromatic carbocycles. The topological polar surface area (TPSA) is 106 Å². The predicted octanol–water partition coefficient (Wildman–Crippen LogP) is 2.55. The van der Waals surface area contributed by atoms with Gasteiger partial charge in [-0.3, -0.25) is 4.79 Å². The lowest BCUT2D eigenvalue weighted by Crippen LogP contribution is -2.15. The zero-order valence-corrected chi connectivity index (χ0v) is 14.2. The molecule has 132 valence electrons. The summed E-state index contributed by atoms with van der Waals surface area (Å²) in [6.07, 6.45) is 0. The number of aryl methyl sites for hydroxylation is 1. The predicted molar refractivity (Wildman–Crippen MR) is 88.9 cm³/mol. The number of ether oxygens (including phenoxy) is 2. The first kappa shape index (κ1) is 18.3. The van der Waals surface area contributed by atoms with Gasteiger partial charge in [0.25, 0.3) is 0 Å². The van der Waals surface area contributed by atoms with E-state index in [9.17, 15) is 19.5 Å². The molecule has 0 radical (unpaired) electrons. The second-order valence-electron chi connectivity index (χ2n) is 5.36. The maximum Gasteiger partial charge on any atom is 0.342 e. The van der Waals surface area contributed by atoms with Gasteiger partial charge in [-0.25, -0.2) is 9.59 Å². The summed E-state index contributed by atoms with van der Waals surface area (Å²) in [6, 6.07) is 5.88. The van der Waals surface area contributed by atoms with Gasteiger partial charge in [0.2, 0.25) is 5.78 Å². The minimum Gasteiger partial charge on any atom is -0.507 e. The standard InChI is InChI=1S/C18H19NO6/c1-4-24-18(23)15-10(2)16(19-11(15)3)14(21)9-25-17(22)12-7-5-6-8-13(12)20/h5-8,19-20H,4,9H2,1-3H3. The average molecular weight is 345 g/mol. The molecule has 7 heteroatoms. The number of Topliss-reactive ketones (excluding diaryl/α,β-unsaturated/α-hetero) is 1. The molecular weight excluding hydrogens is 326 g/mol. The van der Waals surface area contributed by atoms with Crippen molar-refractivity contribution in [2.24, 2.45) is 0 Å². The van der Waals surface area contributed by atoms with Crippen LogP contribution in [0.1, 0.15) is 49.4 Å². The van der Waals surface area contributed by atoms with E-state index < -0.39 is 24.3 Å². The summed E-state index contributed by atoms with van der Waals surface area (Å²) in [5.41, 5.74) is 1.41. The van der Waals surface area contributed by atoms with Crippen LogP contribution >= 0.6 is 0 Å². The molecular formula is C18H19NO6. The molecule has 0 fully saturated rings. The number of carbonyl (C=O) groups is 3. The summed E-state index contributed by atoms with van der Waals surface area (Å²) in [7, 11) is 0. The summed E-state index contributed by atoms with van der Waals surface area (Å²) in [5.74, 6) is -2.03. The van der Waals surface area contributed by atoms with Crippen LogP contribution in [-0.2, 0) is 9.47 Å². The van der Waals surface area contributed by atoms with Crippen molar-refractivity contribution in [1.82, 2.24) is 4.98 Å². The first-order valence-corrected chi connectivity index (χ1v) is 7.71. The molecule has 1 aromatic heterocycles. The Balaban J connectivity index is 2.12. The molecule has 7 nitrogen and oxygen atoms in total. The molecule has 2 N–H and O–H groups in total. The number of nitrogens with one attached hydrogen (secondary N) is 1. The van der Waals surface area contributed by atoms with E-state index in [2.05, 4.69) is 4.98 Å². The number of para-hydroxylation sites is 1. The van der Waals surface area contributed by atoms with Crippen LogP contribution in [0.4, 0.5) is 0 Å². The van der Waals surface area contributed by atoms with Crippen molar-refractivity contribution < 1.29 is 29.0 Å². The van der Waals surface area contributed by atoms with E-state index in [1.807, 2.05) is 0 Å². The number of hydrogen-bond donors (Lipinski definition) is 2. The van der Waals surface area contributed by atoms with E-state index in [0.29, 0.717) is 16.8 Å².